The second-order valence-corrected chi connectivity index (χ2v) is 7.70. The van der Waals surface area contributed by atoms with E-state index in [0.717, 1.165) is 5.56 Å². The first-order chi connectivity index (χ1) is 12.1. The quantitative estimate of drug-likeness (QED) is 0.887. The predicted octanol–water partition coefficient (Wildman–Crippen LogP) is 3.28. The van der Waals surface area contributed by atoms with E-state index < -0.39 is 23.5 Å². The second-order valence-electron chi connectivity index (χ2n) is 7.70. The Balaban J connectivity index is 1.88. The number of hydrogen-bond donors (Lipinski definition) is 1. The summed E-state index contributed by atoms with van der Waals surface area (Å²) in [4.78, 5) is 26.0. The fraction of sp³-hybridized carbons (Fsp3) is 0.579. The van der Waals surface area contributed by atoms with Gasteiger partial charge in [-0.25, -0.2) is 9.59 Å². The maximum absolute atomic E-state index is 12.5. The molecule has 0 aliphatic carbocycles. The summed E-state index contributed by atoms with van der Waals surface area (Å²) >= 11 is 0. The van der Waals surface area contributed by atoms with Crippen LogP contribution >= 0.6 is 0 Å². The van der Waals surface area contributed by atoms with Crippen LogP contribution in [0.25, 0.3) is 0 Å². The Bertz CT molecular complexity index is 625. The van der Waals surface area contributed by atoms with Crippen LogP contribution in [0.2, 0.25) is 0 Å². The van der Waals surface area contributed by atoms with Crippen molar-refractivity contribution >= 4 is 12.2 Å². The molecule has 1 aromatic rings. The molecule has 0 bridgehead atoms. The van der Waals surface area contributed by atoms with Crippen LogP contribution in [0.3, 0.4) is 0 Å². The molecule has 7 heteroatoms. The highest BCUT2D eigenvalue weighted by Gasteiger charge is 2.45. The van der Waals surface area contributed by atoms with E-state index in [1.807, 2.05) is 51.1 Å². The van der Waals surface area contributed by atoms with Crippen LogP contribution in [0, 0.1) is 0 Å². The molecule has 1 aliphatic rings. The maximum Gasteiger partial charge on any atom is 0.412 e. The lowest BCUT2D eigenvalue weighted by Gasteiger charge is -2.35. The van der Waals surface area contributed by atoms with Crippen LogP contribution in [0.15, 0.2) is 30.3 Å². The Morgan fingerprint density at radius 3 is 2.54 bits per heavy atom. The fourth-order valence-electron chi connectivity index (χ4n) is 2.69. The molecule has 7 nitrogen and oxygen atoms in total. The lowest BCUT2D eigenvalue weighted by Crippen LogP contribution is -2.52. The van der Waals surface area contributed by atoms with Crippen molar-refractivity contribution in [2.24, 2.45) is 0 Å². The van der Waals surface area contributed by atoms with Crippen molar-refractivity contribution in [3.63, 3.8) is 0 Å². The number of amides is 2. The Kier molecular flexibility index (Phi) is 6.13. The van der Waals surface area contributed by atoms with Crippen LogP contribution in [0.4, 0.5) is 9.59 Å². The minimum Gasteiger partial charge on any atom is -0.445 e. The van der Waals surface area contributed by atoms with Crippen molar-refractivity contribution in [3.05, 3.63) is 35.9 Å². The number of nitrogens with one attached hydrogen (secondary N) is 1. The van der Waals surface area contributed by atoms with Crippen molar-refractivity contribution in [3.8, 4) is 0 Å². The molecule has 0 saturated carbocycles. The average molecular weight is 364 g/mol. The molecule has 1 atom stereocenters. The van der Waals surface area contributed by atoms with Gasteiger partial charge in [-0.1, -0.05) is 30.3 Å². The summed E-state index contributed by atoms with van der Waals surface area (Å²) < 4.78 is 16.3. The lowest BCUT2D eigenvalue weighted by atomic mass is 10.2. The Morgan fingerprint density at radius 1 is 1.27 bits per heavy atom. The third-order valence-electron chi connectivity index (χ3n) is 3.86. The van der Waals surface area contributed by atoms with Gasteiger partial charge >= 0.3 is 12.2 Å². The van der Waals surface area contributed by atoms with Gasteiger partial charge in [0.1, 0.15) is 17.9 Å². The van der Waals surface area contributed by atoms with Crippen LogP contribution < -0.4 is 5.32 Å². The number of carbonyl (C=O) groups excluding carboxylic acids is 2. The summed E-state index contributed by atoms with van der Waals surface area (Å²) in [5.74, 6) is 0. The van der Waals surface area contributed by atoms with E-state index in [-0.39, 0.29) is 19.2 Å². The number of carbonyl (C=O) groups is 2. The minimum atomic E-state index is -0.803. The van der Waals surface area contributed by atoms with Gasteiger partial charge in [-0.3, -0.25) is 4.90 Å². The molecule has 0 aromatic heterocycles. The first kappa shape index (κ1) is 20.0. The van der Waals surface area contributed by atoms with Crippen LogP contribution in [0.5, 0.6) is 0 Å². The highest BCUT2D eigenvalue weighted by atomic mass is 16.6. The average Bonchev–Trinajstić information content (AvgIpc) is 2.85. The standard InChI is InChI=1S/C19H28N2O5/c1-18(2,3)26-17(23)21-15(13-25-19(21,4)5)11-20-16(22)24-12-14-9-7-6-8-10-14/h6-10,15H,11-13H2,1-5H3,(H,20,22)/t15-/m1/s1. The van der Waals surface area contributed by atoms with E-state index in [1.165, 1.54) is 4.90 Å². The second kappa shape index (κ2) is 7.95. The Hall–Kier alpha value is -2.28. The monoisotopic (exact) mass is 364 g/mol. The van der Waals surface area contributed by atoms with E-state index in [0.29, 0.717) is 6.61 Å². The highest BCUT2D eigenvalue weighted by molar-refractivity contribution is 5.70. The first-order valence-electron chi connectivity index (χ1n) is 8.69. The number of nitrogens with zero attached hydrogens (tertiary/aromatic N) is 1. The molecule has 1 aliphatic heterocycles. The molecule has 2 rings (SSSR count). The molecular weight excluding hydrogens is 336 g/mol. The van der Waals surface area contributed by atoms with Gasteiger partial charge in [0.2, 0.25) is 0 Å². The van der Waals surface area contributed by atoms with Gasteiger partial charge in [-0.2, -0.15) is 0 Å². The van der Waals surface area contributed by atoms with Gasteiger partial charge < -0.3 is 19.5 Å². The third kappa shape index (κ3) is 5.62. The smallest absolute Gasteiger partial charge is 0.412 e. The van der Waals surface area contributed by atoms with Gasteiger partial charge in [0, 0.05) is 6.54 Å². The largest absolute Gasteiger partial charge is 0.445 e. The molecule has 26 heavy (non-hydrogen) atoms. The van der Waals surface area contributed by atoms with Crippen LogP contribution in [-0.4, -0.2) is 47.6 Å². The molecule has 1 fully saturated rings. The molecule has 1 saturated heterocycles. The summed E-state index contributed by atoms with van der Waals surface area (Å²) in [5, 5.41) is 2.69. The van der Waals surface area contributed by atoms with Gasteiger partial charge in [0.25, 0.3) is 0 Å². The predicted molar refractivity (Wildman–Crippen MR) is 96.5 cm³/mol. The Labute approximate surface area is 154 Å². The molecule has 1 N–H and O–H groups in total. The topological polar surface area (TPSA) is 77.1 Å². The Morgan fingerprint density at radius 2 is 1.92 bits per heavy atom. The molecule has 0 radical (unpaired) electrons. The number of rotatable bonds is 4. The summed E-state index contributed by atoms with van der Waals surface area (Å²) in [5.41, 5.74) is -0.506. The van der Waals surface area contributed by atoms with Crippen molar-refractivity contribution in [1.82, 2.24) is 10.2 Å². The van der Waals surface area contributed by atoms with Crippen LogP contribution in [-0.2, 0) is 20.8 Å². The number of benzene rings is 1. The van der Waals surface area contributed by atoms with E-state index in [2.05, 4.69) is 5.32 Å². The van der Waals surface area contributed by atoms with E-state index >= 15 is 0 Å². The summed E-state index contributed by atoms with van der Waals surface area (Å²) in [6.07, 6.45) is -1.01. The molecular formula is C19H28N2O5. The van der Waals surface area contributed by atoms with E-state index in [9.17, 15) is 9.59 Å². The third-order valence-corrected chi connectivity index (χ3v) is 3.86. The SMILES string of the molecule is CC(C)(C)OC(=O)N1[C@H](CNC(=O)OCc2ccccc2)COC1(C)C. The molecule has 2 amide bonds. The first-order valence-corrected chi connectivity index (χ1v) is 8.69. The normalized spacial score (nSPS) is 19.1. The van der Waals surface area contributed by atoms with Gasteiger partial charge in [-0.05, 0) is 40.2 Å². The summed E-state index contributed by atoms with van der Waals surface area (Å²) in [6.45, 7) is 9.74. The molecule has 0 unspecified atom stereocenters. The van der Waals surface area contributed by atoms with Gasteiger partial charge in [0.05, 0.1) is 12.6 Å². The zero-order chi connectivity index (χ0) is 19.4. The molecule has 0 spiro atoms. The summed E-state index contributed by atoms with van der Waals surface area (Å²) in [7, 11) is 0. The zero-order valence-electron chi connectivity index (χ0n) is 16.1. The van der Waals surface area contributed by atoms with Gasteiger partial charge in [0.15, 0.2) is 0 Å². The number of hydrogen-bond acceptors (Lipinski definition) is 5. The number of alkyl carbamates (subject to hydrolysis) is 1. The van der Waals surface area contributed by atoms with E-state index in [1.54, 1.807) is 13.8 Å². The fourth-order valence-corrected chi connectivity index (χ4v) is 2.69. The molecule has 1 heterocycles. The van der Waals surface area contributed by atoms with Gasteiger partial charge in [-0.15, -0.1) is 0 Å². The van der Waals surface area contributed by atoms with E-state index in [4.69, 9.17) is 14.2 Å². The van der Waals surface area contributed by atoms with Crippen molar-refractivity contribution in [1.29, 1.82) is 0 Å². The highest BCUT2D eigenvalue weighted by Crippen LogP contribution is 2.29. The van der Waals surface area contributed by atoms with Crippen molar-refractivity contribution in [2.45, 2.75) is 58.6 Å². The summed E-state index contributed by atoms with van der Waals surface area (Å²) in [6, 6.07) is 9.09. The lowest BCUT2D eigenvalue weighted by molar-refractivity contribution is -0.0623. The minimum absolute atomic E-state index is 0.190. The van der Waals surface area contributed by atoms with Crippen molar-refractivity contribution in [2.75, 3.05) is 13.2 Å². The van der Waals surface area contributed by atoms with Crippen LogP contribution in [0.1, 0.15) is 40.2 Å². The molecule has 1 aromatic carbocycles. The maximum atomic E-state index is 12.5. The number of ether oxygens (including phenoxy) is 3. The zero-order valence-corrected chi connectivity index (χ0v) is 16.1. The van der Waals surface area contributed by atoms with Crippen molar-refractivity contribution < 1.29 is 23.8 Å². The molecule has 144 valence electrons.